The van der Waals surface area contributed by atoms with E-state index in [1.54, 1.807) is 6.07 Å². The van der Waals surface area contributed by atoms with Crippen LogP contribution in [-0.2, 0) is 11.3 Å². The van der Waals surface area contributed by atoms with Gasteiger partial charge in [0.25, 0.3) is 0 Å². The molecular weight excluding hydrogens is 463 g/mol. The first-order chi connectivity index (χ1) is 14.2. The van der Waals surface area contributed by atoms with Crippen molar-refractivity contribution in [2.75, 3.05) is 0 Å². The third kappa shape index (κ3) is 5.09. The van der Waals surface area contributed by atoms with Crippen molar-refractivity contribution in [3.05, 3.63) is 83.2 Å². The van der Waals surface area contributed by atoms with Crippen LogP contribution in [0.4, 0.5) is 22.0 Å². The molecule has 3 aromatic rings. The molecule has 0 bridgehead atoms. The predicted molar refractivity (Wildman–Crippen MR) is 113 cm³/mol. The quantitative estimate of drug-likeness (QED) is 0.179. The fraction of sp³-hybridized carbons (Fsp3) is 0.250. The summed E-state index contributed by atoms with van der Waals surface area (Å²) in [4.78, 5) is -3.86. The maximum atomic E-state index is 14.7. The van der Waals surface area contributed by atoms with Gasteiger partial charge in [-0.3, -0.25) is 0 Å². The third-order valence-electron chi connectivity index (χ3n) is 4.96. The average Bonchev–Trinajstić information content (AvgIpc) is 2.67. The van der Waals surface area contributed by atoms with E-state index >= 15 is 0 Å². The smallest absolute Gasteiger partial charge is 0.206 e. The zero-order chi connectivity index (χ0) is 21.9. The SMILES string of the molecule is CCCCCc1ccc(-c2ccc(-c3cc(F)c(C(F)(F)Br)c(F)c3)c(F)c2)cc1. The molecule has 0 spiro atoms. The van der Waals surface area contributed by atoms with E-state index in [0.29, 0.717) is 17.7 Å². The van der Waals surface area contributed by atoms with E-state index in [1.807, 2.05) is 40.2 Å². The summed E-state index contributed by atoms with van der Waals surface area (Å²) in [5.41, 5.74) is 1.01. The first kappa shape index (κ1) is 22.5. The molecule has 0 saturated carbocycles. The zero-order valence-electron chi connectivity index (χ0n) is 16.3. The van der Waals surface area contributed by atoms with Gasteiger partial charge in [-0.25, -0.2) is 13.2 Å². The van der Waals surface area contributed by atoms with Gasteiger partial charge < -0.3 is 0 Å². The molecule has 0 nitrogen and oxygen atoms in total. The summed E-state index contributed by atoms with van der Waals surface area (Å²) in [6.45, 7) is 2.15. The molecule has 0 saturated heterocycles. The number of rotatable bonds is 7. The Morgan fingerprint density at radius 1 is 0.733 bits per heavy atom. The standard InChI is InChI=1S/C24H20BrF5/c1-2-3-4-5-15-6-8-16(9-7-15)17-10-11-19(20(26)12-17)18-13-21(27)23(22(28)14-18)24(25,29)30/h6-14H,2-5H2,1H3. The van der Waals surface area contributed by atoms with Crippen molar-refractivity contribution in [1.29, 1.82) is 0 Å². The van der Waals surface area contributed by atoms with Crippen LogP contribution >= 0.6 is 15.9 Å². The molecule has 0 amide bonds. The molecule has 0 aliphatic rings. The van der Waals surface area contributed by atoms with Crippen LogP contribution in [-0.4, -0.2) is 0 Å². The minimum absolute atomic E-state index is 0.0721. The lowest BCUT2D eigenvalue weighted by molar-refractivity contribution is 0.105. The summed E-state index contributed by atoms with van der Waals surface area (Å²) >= 11 is 1.95. The van der Waals surface area contributed by atoms with Crippen LogP contribution in [0.5, 0.6) is 0 Å². The summed E-state index contributed by atoms with van der Waals surface area (Å²) in [5.74, 6) is -3.60. The summed E-state index contributed by atoms with van der Waals surface area (Å²) < 4.78 is 69.4. The molecule has 30 heavy (non-hydrogen) atoms. The van der Waals surface area contributed by atoms with Gasteiger partial charge in [-0.05, 0) is 69.2 Å². The van der Waals surface area contributed by atoms with Gasteiger partial charge in [0.1, 0.15) is 23.0 Å². The lowest BCUT2D eigenvalue weighted by Crippen LogP contribution is -2.09. The molecule has 0 atom stereocenters. The van der Waals surface area contributed by atoms with Crippen molar-refractivity contribution < 1.29 is 22.0 Å². The average molecular weight is 483 g/mol. The fourth-order valence-electron chi connectivity index (χ4n) is 3.37. The molecular formula is C24H20BrF5. The van der Waals surface area contributed by atoms with Crippen LogP contribution < -0.4 is 0 Å². The van der Waals surface area contributed by atoms with Crippen LogP contribution in [0.3, 0.4) is 0 Å². The van der Waals surface area contributed by atoms with Gasteiger partial charge in [0.05, 0.1) is 0 Å². The summed E-state index contributed by atoms with van der Waals surface area (Å²) in [5, 5.41) is 0. The number of hydrogen-bond acceptors (Lipinski definition) is 0. The molecule has 0 radical (unpaired) electrons. The van der Waals surface area contributed by atoms with Crippen LogP contribution in [0.25, 0.3) is 22.3 Å². The molecule has 0 fully saturated rings. The summed E-state index contributed by atoms with van der Waals surface area (Å²) in [6, 6.07) is 13.5. The summed E-state index contributed by atoms with van der Waals surface area (Å²) in [7, 11) is 0. The second-order valence-electron chi connectivity index (χ2n) is 7.16. The Bertz CT molecular complexity index is 1000. The lowest BCUT2D eigenvalue weighted by Gasteiger charge is -2.13. The van der Waals surface area contributed by atoms with Gasteiger partial charge in [-0.1, -0.05) is 56.2 Å². The van der Waals surface area contributed by atoms with Gasteiger partial charge in [0, 0.05) is 5.56 Å². The normalized spacial score (nSPS) is 11.7. The van der Waals surface area contributed by atoms with Crippen molar-refractivity contribution >= 4 is 15.9 Å². The van der Waals surface area contributed by atoms with E-state index in [2.05, 4.69) is 6.92 Å². The predicted octanol–water partition coefficient (Wildman–Crippen LogP) is 8.61. The van der Waals surface area contributed by atoms with E-state index in [-0.39, 0.29) is 11.1 Å². The Balaban J connectivity index is 1.87. The minimum atomic E-state index is -3.86. The second kappa shape index (κ2) is 9.29. The van der Waals surface area contributed by atoms with Crippen molar-refractivity contribution in [2.45, 2.75) is 37.4 Å². The molecule has 0 heterocycles. The maximum absolute atomic E-state index is 14.7. The topological polar surface area (TPSA) is 0 Å². The van der Waals surface area contributed by atoms with E-state index in [1.165, 1.54) is 24.1 Å². The molecule has 6 heteroatoms. The van der Waals surface area contributed by atoms with Gasteiger partial charge in [0.2, 0.25) is 0 Å². The number of halogens is 6. The van der Waals surface area contributed by atoms with Crippen molar-refractivity contribution in [3.63, 3.8) is 0 Å². The van der Waals surface area contributed by atoms with Crippen LogP contribution in [0.2, 0.25) is 0 Å². The zero-order valence-corrected chi connectivity index (χ0v) is 17.9. The highest BCUT2D eigenvalue weighted by Crippen LogP contribution is 2.40. The molecule has 0 N–H and O–H groups in total. The minimum Gasteiger partial charge on any atom is -0.206 e. The highest BCUT2D eigenvalue weighted by molar-refractivity contribution is 9.09. The lowest BCUT2D eigenvalue weighted by atomic mass is 9.97. The highest BCUT2D eigenvalue weighted by Gasteiger charge is 2.35. The molecule has 158 valence electrons. The number of unbranched alkanes of at least 4 members (excludes halogenated alkanes) is 2. The molecule has 3 rings (SSSR count). The Hall–Kier alpha value is -2.21. The number of aryl methyl sites for hydroxylation is 1. The Labute approximate surface area is 180 Å². The van der Waals surface area contributed by atoms with Crippen LogP contribution in [0.15, 0.2) is 54.6 Å². The first-order valence-electron chi connectivity index (χ1n) is 9.66. The van der Waals surface area contributed by atoms with E-state index in [9.17, 15) is 22.0 Å². The van der Waals surface area contributed by atoms with E-state index in [4.69, 9.17) is 0 Å². The van der Waals surface area contributed by atoms with Crippen LogP contribution in [0.1, 0.15) is 37.3 Å². The Morgan fingerprint density at radius 3 is 1.83 bits per heavy atom. The maximum Gasteiger partial charge on any atom is 0.332 e. The Morgan fingerprint density at radius 2 is 1.30 bits per heavy atom. The number of alkyl halides is 3. The van der Waals surface area contributed by atoms with Gasteiger partial charge in [-0.15, -0.1) is 0 Å². The van der Waals surface area contributed by atoms with Gasteiger partial charge in [0.15, 0.2) is 0 Å². The largest absolute Gasteiger partial charge is 0.332 e. The van der Waals surface area contributed by atoms with Crippen molar-refractivity contribution in [1.82, 2.24) is 0 Å². The summed E-state index contributed by atoms with van der Waals surface area (Å²) in [6.07, 6.45) is 4.43. The van der Waals surface area contributed by atoms with Crippen LogP contribution in [0, 0.1) is 17.5 Å². The van der Waals surface area contributed by atoms with Crippen molar-refractivity contribution in [2.24, 2.45) is 0 Å². The monoisotopic (exact) mass is 482 g/mol. The third-order valence-corrected chi connectivity index (χ3v) is 5.36. The first-order valence-corrected chi connectivity index (χ1v) is 10.5. The van der Waals surface area contributed by atoms with E-state index < -0.39 is 27.8 Å². The molecule has 0 aromatic heterocycles. The Kier molecular flexibility index (Phi) is 6.96. The van der Waals surface area contributed by atoms with Crippen molar-refractivity contribution in [3.8, 4) is 22.3 Å². The molecule has 0 aliphatic heterocycles. The van der Waals surface area contributed by atoms with Gasteiger partial charge in [-0.2, -0.15) is 8.78 Å². The molecule has 0 aliphatic carbocycles. The fourth-order valence-corrected chi connectivity index (χ4v) is 3.75. The molecule has 0 unspecified atom stereocenters. The van der Waals surface area contributed by atoms with E-state index in [0.717, 1.165) is 24.8 Å². The van der Waals surface area contributed by atoms with Gasteiger partial charge >= 0.3 is 4.83 Å². The second-order valence-corrected chi connectivity index (χ2v) is 8.16. The number of hydrogen-bond donors (Lipinski definition) is 0. The highest BCUT2D eigenvalue weighted by atomic mass is 79.9. The number of benzene rings is 3. The molecule has 3 aromatic carbocycles.